The van der Waals surface area contributed by atoms with Crippen LogP contribution in [0.1, 0.15) is 18.4 Å². The fraction of sp³-hybridized carbons (Fsp3) is 0.333. The van der Waals surface area contributed by atoms with E-state index in [-0.39, 0.29) is 5.91 Å². The quantitative estimate of drug-likeness (QED) is 0.829. The van der Waals surface area contributed by atoms with Crippen molar-refractivity contribution >= 4 is 21.8 Å². The first-order valence-electron chi connectivity index (χ1n) is 6.55. The summed E-state index contributed by atoms with van der Waals surface area (Å²) in [4.78, 5) is 13.8. The lowest BCUT2D eigenvalue weighted by Crippen LogP contribution is -2.37. The van der Waals surface area contributed by atoms with Gasteiger partial charge in [0.1, 0.15) is 17.2 Å². The van der Waals surface area contributed by atoms with Gasteiger partial charge in [-0.2, -0.15) is 0 Å². The number of aromatic nitrogens is 1. The highest BCUT2D eigenvalue weighted by Crippen LogP contribution is 2.18. The first kappa shape index (κ1) is 15.6. The summed E-state index contributed by atoms with van der Waals surface area (Å²) in [5.41, 5.74) is 0.721. The van der Waals surface area contributed by atoms with Crippen LogP contribution in [-0.2, 0) is 11.3 Å². The first-order valence-corrected chi connectivity index (χ1v) is 7.34. The second-order valence-corrected chi connectivity index (χ2v) is 5.75. The normalized spacial score (nSPS) is 12.0. The van der Waals surface area contributed by atoms with Crippen molar-refractivity contribution in [2.24, 2.45) is 0 Å². The maximum atomic E-state index is 12.3. The van der Waals surface area contributed by atoms with Gasteiger partial charge in [-0.1, -0.05) is 21.1 Å². The van der Waals surface area contributed by atoms with Crippen molar-refractivity contribution in [1.82, 2.24) is 10.1 Å². The number of carbonyl (C=O) groups is 1. The summed E-state index contributed by atoms with van der Waals surface area (Å²) in [5.74, 6) is 1.27. The molecule has 0 aliphatic heterocycles. The van der Waals surface area contributed by atoms with Crippen molar-refractivity contribution in [1.29, 1.82) is 0 Å². The van der Waals surface area contributed by atoms with Crippen LogP contribution in [0.2, 0.25) is 0 Å². The maximum absolute atomic E-state index is 12.3. The van der Waals surface area contributed by atoms with Crippen LogP contribution >= 0.6 is 15.9 Å². The molecule has 0 radical (unpaired) electrons. The SMILES string of the molecule is Cc1cc(CN(C)C(=O)[C@H](C)Oc2ccc(Br)cc2)no1. The average Bonchev–Trinajstić information content (AvgIpc) is 2.85. The van der Waals surface area contributed by atoms with Gasteiger partial charge in [0.15, 0.2) is 6.10 Å². The van der Waals surface area contributed by atoms with Gasteiger partial charge in [0.2, 0.25) is 0 Å². The van der Waals surface area contributed by atoms with Gasteiger partial charge in [0.25, 0.3) is 5.91 Å². The zero-order valence-electron chi connectivity index (χ0n) is 12.2. The van der Waals surface area contributed by atoms with Crippen LogP contribution in [0.5, 0.6) is 5.75 Å². The van der Waals surface area contributed by atoms with E-state index in [1.54, 1.807) is 18.9 Å². The van der Waals surface area contributed by atoms with Gasteiger partial charge in [-0.05, 0) is 38.1 Å². The lowest BCUT2D eigenvalue weighted by molar-refractivity contribution is -0.137. The van der Waals surface area contributed by atoms with E-state index in [1.165, 1.54) is 0 Å². The number of hydrogen-bond acceptors (Lipinski definition) is 4. The molecule has 0 fully saturated rings. The Morgan fingerprint density at radius 3 is 2.67 bits per heavy atom. The molecule has 0 unspecified atom stereocenters. The predicted octanol–water partition coefficient (Wildman–Crippen LogP) is 3.17. The molecule has 0 saturated heterocycles. The summed E-state index contributed by atoms with van der Waals surface area (Å²) in [6.45, 7) is 3.94. The van der Waals surface area contributed by atoms with Crippen LogP contribution in [0, 0.1) is 6.92 Å². The number of halogens is 1. The van der Waals surface area contributed by atoms with Crippen molar-refractivity contribution < 1.29 is 14.1 Å². The van der Waals surface area contributed by atoms with Gasteiger partial charge < -0.3 is 14.2 Å². The molecule has 0 bridgehead atoms. The van der Waals surface area contributed by atoms with Gasteiger partial charge >= 0.3 is 0 Å². The van der Waals surface area contributed by atoms with Crippen molar-refractivity contribution in [3.63, 3.8) is 0 Å². The smallest absolute Gasteiger partial charge is 0.263 e. The first-order chi connectivity index (χ1) is 9.95. The molecular formula is C15H17BrN2O3. The predicted molar refractivity (Wildman–Crippen MR) is 81.9 cm³/mol. The molecule has 1 aromatic carbocycles. The lowest BCUT2D eigenvalue weighted by atomic mass is 10.3. The minimum Gasteiger partial charge on any atom is -0.481 e. The zero-order chi connectivity index (χ0) is 15.4. The molecular weight excluding hydrogens is 336 g/mol. The molecule has 1 atom stereocenters. The topological polar surface area (TPSA) is 55.6 Å². The molecule has 5 nitrogen and oxygen atoms in total. The summed E-state index contributed by atoms with van der Waals surface area (Å²) in [7, 11) is 1.72. The molecule has 1 aromatic heterocycles. The Kier molecular flexibility index (Phi) is 5.01. The second kappa shape index (κ2) is 6.76. The molecule has 0 saturated carbocycles. The van der Waals surface area contributed by atoms with Gasteiger partial charge in [-0.25, -0.2) is 0 Å². The molecule has 0 aliphatic rings. The Bertz CT molecular complexity index is 610. The Labute approximate surface area is 132 Å². The van der Waals surface area contributed by atoms with E-state index in [2.05, 4.69) is 21.1 Å². The van der Waals surface area contributed by atoms with Crippen molar-refractivity contribution in [2.75, 3.05) is 7.05 Å². The van der Waals surface area contributed by atoms with E-state index in [9.17, 15) is 4.79 Å². The summed E-state index contributed by atoms with van der Waals surface area (Å²) in [5, 5.41) is 3.88. The molecule has 112 valence electrons. The molecule has 0 spiro atoms. The molecule has 0 aliphatic carbocycles. The summed E-state index contributed by atoms with van der Waals surface area (Å²) in [6, 6.07) is 9.18. The maximum Gasteiger partial charge on any atom is 0.263 e. The fourth-order valence-electron chi connectivity index (χ4n) is 1.89. The van der Waals surface area contributed by atoms with Crippen molar-refractivity contribution in [3.05, 3.63) is 46.3 Å². The number of aryl methyl sites for hydroxylation is 1. The van der Waals surface area contributed by atoms with Gasteiger partial charge in [0.05, 0.1) is 6.54 Å². The number of amides is 1. The molecule has 21 heavy (non-hydrogen) atoms. The highest BCUT2D eigenvalue weighted by atomic mass is 79.9. The molecule has 6 heteroatoms. The minimum atomic E-state index is -0.566. The number of carbonyl (C=O) groups excluding carboxylic acids is 1. The molecule has 1 heterocycles. The Morgan fingerprint density at radius 1 is 1.43 bits per heavy atom. The number of ether oxygens (including phenoxy) is 1. The third-order valence-corrected chi connectivity index (χ3v) is 3.46. The molecule has 0 N–H and O–H groups in total. The van der Waals surface area contributed by atoms with Crippen LogP contribution < -0.4 is 4.74 Å². The highest BCUT2D eigenvalue weighted by Gasteiger charge is 2.20. The number of likely N-dealkylation sites (N-methyl/N-ethyl adjacent to an activating group) is 1. The third-order valence-electron chi connectivity index (χ3n) is 2.93. The van der Waals surface area contributed by atoms with Gasteiger partial charge in [0, 0.05) is 17.6 Å². The second-order valence-electron chi connectivity index (χ2n) is 4.84. The van der Waals surface area contributed by atoms with Crippen LogP contribution in [0.25, 0.3) is 0 Å². The Balaban J connectivity index is 1.93. The molecule has 2 aromatic rings. The summed E-state index contributed by atoms with van der Waals surface area (Å²) in [6.07, 6.45) is -0.566. The van der Waals surface area contributed by atoms with Crippen molar-refractivity contribution in [3.8, 4) is 5.75 Å². The summed E-state index contributed by atoms with van der Waals surface area (Å²) < 4.78 is 11.6. The van der Waals surface area contributed by atoms with E-state index in [1.807, 2.05) is 37.3 Å². The Hall–Kier alpha value is -1.82. The average molecular weight is 353 g/mol. The molecule has 1 amide bonds. The van der Waals surface area contributed by atoms with Crippen LogP contribution in [0.15, 0.2) is 39.3 Å². The number of nitrogens with zero attached hydrogens (tertiary/aromatic N) is 2. The third kappa shape index (κ3) is 4.32. The van der Waals surface area contributed by atoms with Gasteiger partial charge in [-0.3, -0.25) is 4.79 Å². The number of benzene rings is 1. The van der Waals surface area contributed by atoms with Crippen LogP contribution in [0.3, 0.4) is 0 Å². The van der Waals surface area contributed by atoms with Crippen molar-refractivity contribution in [2.45, 2.75) is 26.5 Å². The van der Waals surface area contributed by atoms with E-state index in [4.69, 9.17) is 9.26 Å². The van der Waals surface area contributed by atoms with E-state index >= 15 is 0 Å². The summed E-state index contributed by atoms with van der Waals surface area (Å²) >= 11 is 3.36. The Morgan fingerprint density at radius 2 is 2.10 bits per heavy atom. The molecule has 2 rings (SSSR count). The largest absolute Gasteiger partial charge is 0.481 e. The standard InChI is InChI=1S/C15H17BrN2O3/c1-10-8-13(17-21-10)9-18(3)15(19)11(2)20-14-6-4-12(16)5-7-14/h4-8,11H,9H2,1-3H3/t11-/m0/s1. The number of rotatable bonds is 5. The van der Waals surface area contributed by atoms with Crippen LogP contribution in [0.4, 0.5) is 0 Å². The monoisotopic (exact) mass is 352 g/mol. The van der Waals surface area contributed by atoms with E-state index < -0.39 is 6.10 Å². The van der Waals surface area contributed by atoms with E-state index in [0.29, 0.717) is 12.3 Å². The fourth-order valence-corrected chi connectivity index (χ4v) is 2.16. The van der Waals surface area contributed by atoms with Gasteiger partial charge in [-0.15, -0.1) is 0 Å². The minimum absolute atomic E-state index is 0.112. The number of hydrogen-bond donors (Lipinski definition) is 0. The van der Waals surface area contributed by atoms with E-state index in [0.717, 1.165) is 15.9 Å². The lowest BCUT2D eigenvalue weighted by Gasteiger charge is -2.21. The zero-order valence-corrected chi connectivity index (χ0v) is 13.8. The van der Waals surface area contributed by atoms with Crippen LogP contribution in [-0.4, -0.2) is 29.1 Å². The highest BCUT2D eigenvalue weighted by molar-refractivity contribution is 9.10.